The molecule has 7 heteroatoms. The van der Waals surface area contributed by atoms with Gasteiger partial charge < -0.3 is 15.0 Å². The first-order chi connectivity index (χ1) is 11.2. The van der Waals surface area contributed by atoms with Crippen LogP contribution in [0.5, 0.6) is 0 Å². The van der Waals surface area contributed by atoms with Crippen LogP contribution in [0.25, 0.3) is 6.08 Å². The van der Waals surface area contributed by atoms with Gasteiger partial charge in [0.25, 0.3) is 0 Å². The number of benzene rings is 1. The van der Waals surface area contributed by atoms with Crippen molar-refractivity contribution < 1.29 is 9.53 Å². The summed E-state index contributed by atoms with van der Waals surface area (Å²) >= 11 is 0. The number of rotatable bonds is 4. The third-order valence-electron chi connectivity index (χ3n) is 3.55. The van der Waals surface area contributed by atoms with E-state index in [4.69, 9.17) is 4.74 Å². The molecular formula is C16H19N5O2. The Morgan fingerprint density at radius 1 is 1.26 bits per heavy atom. The van der Waals surface area contributed by atoms with Crippen molar-refractivity contribution in [2.24, 2.45) is 7.05 Å². The molecule has 120 valence electrons. The average molecular weight is 313 g/mol. The van der Waals surface area contributed by atoms with E-state index >= 15 is 0 Å². The quantitative estimate of drug-likeness (QED) is 0.862. The molecule has 0 unspecified atom stereocenters. The Balaban J connectivity index is 1.57. The van der Waals surface area contributed by atoms with Gasteiger partial charge in [0, 0.05) is 31.9 Å². The Morgan fingerprint density at radius 3 is 2.65 bits per heavy atom. The molecule has 0 aliphatic carbocycles. The second kappa shape index (κ2) is 7.06. The Bertz CT molecular complexity index is 687. The molecule has 0 atom stereocenters. The van der Waals surface area contributed by atoms with E-state index in [1.807, 2.05) is 12.1 Å². The number of amides is 1. The summed E-state index contributed by atoms with van der Waals surface area (Å²) in [6, 6.07) is 8.12. The van der Waals surface area contributed by atoms with Crippen molar-refractivity contribution in [1.29, 1.82) is 0 Å². The predicted molar refractivity (Wildman–Crippen MR) is 88.1 cm³/mol. The molecule has 7 nitrogen and oxygen atoms in total. The normalized spacial score (nSPS) is 15.1. The van der Waals surface area contributed by atoms with Crippen molar-refractivity contribution in [2.45, 2.75) is 0 Å². The molecule has 0 spiro atoms. The molecule has 0 saturated carbocycles. The van der Waals surface area contributed by atoms with E-state index in [2.05, 4.69) is 32.7 Å². The molecule has 0 radical (unpaired) electrons. The minimum Gasteiger partial charge on any atom is -0.378 e. The molecule has 1 aromatic carbocycles. The largest absolute Gasteiger partial charge is 0.378 e. The summed E-state index contributed by atoms with van der Waals surface area (Å²) < 4.78 is 6.88. The van der Waals surface area contributed by atoms with Gasteiger partial charge in [-0.25, -0.2) is 0 Å². The maximum atomic E-state index is 11.8. The van der Waals surface area contributed by atoms with Crippen molar-refractivity contribution in [2.75, 3.05) is 36.5 Å². The number of hydrogen-bond donors (Lipinski definition) is 1. The van der Waals surface area contributed by atoms with Crippen LogP contribution in [0.1, 0.15) is 5.56 Å². The molecule has 2 heterocycles. The van der Waals surface area contributed by atoms with Gasteiger partial charge in [-0.15, -0.1) is 5.10 Å². The van der Waals surface area contributed by atoms with Crippen LogP contribution in [0, 0.1) is 0 Å². The predicted octanol–water partition coefficient (Wildman–Crippen LogP) is 1.30. The van der Waals surface area contributed by atoms with Crippen molar-refractivity contribution >= 4 is 23.5 Å². The lowest BCUT2D eigenvalue weighted by Crippen LogP contribution is -2.36. The SMILES string of the molecule is Cn1cc(NC(=O)/C=C/c2ccc(N3CCOCC3)cc2)nn1. The highest BCUT2D eigenvalue weighted by molar-refractivity contribution is 6.01. The lowest BCUT2D eigenvalue weighted by molar-refractivity contribution is -0.111. The molecule has 1 aromatic heterocycles. The number of ether oxygens (including phenoxy) is 1. The molecule has 1 saturated heterocycles. The highest BCUT2D eigenvalue weighted by atomic mass is 16.5. The van der Waals surface area contributed by atoms with Gasteiger partial charge in [-0.05, 0) is 23.8 Å². The molecule has 1 amide bonds. The van der Waals surface area contributed by atoms with Gasteiger partial charge in [0.15, 0.2) is 5.82 Å². The molecule has 1 aliphatic rings. The summed E-state index contributed by atoms with van der Waals surface area (Å²) in [5, 5.41) is 10.2. The molecule has 23 heavy (non-hydrogen) atoms. The van der Waals surface area contributed by atoms with Crippen LogP contribution in [0.15, 0.2) is 36.5 Å². The summed E-state index contributed by atoms with van der Waals surface area (Å²) in [5.41, 5.74) is 2.14. The van der Waals surface area contributed by atoms with Gasteiger partial charge in [0.05, 0.1) is 19.4 Å². The molecule has 2 aromatic rings. The Kier molecular flexibility index (Phi) is 4.68. The average Bonchev–Trinajstić information content (AvgIpc) is 2.99. The van der Waals surface area contributed by atoms with Crippen LogP contribution in [-0.2, 0) is 16.6 Å². The number of anilines is 2. The topological polar surface area (TPSA) is 72.3 Å². The summed E-state index contributed by atoms with van der Waals surface area (Å²) in [7, 11) is 1.74. The van der Waals surface area contributed by atoms with Crippen molar-refractivity contribution in [1.82, 2.24) is 15.0 Å². The van der Waals surface area contributed by atoms with Crippen molar-refractivity contribution in [3.05, 3.63) is 42.1 Å². The summed E-state index contributed by atoms with van der Waals surface area (Å²) in [4.78, 5) is 14.1. The van der Waals surface area contributed by atoms with E-state index in [0.29, 0.717) is 5.82 Å². The molecule has 3 rings (SSSR count). The third-order valence-corrected chi connectivity index (χ3v) is 3.55. The van der Waals surface area contributed by atoms with E-state index in [9.17, 15) is 4.79 Å². The molecular weight excluding hydrogens is 294 g/mol. The number of aromatic nitrogens is 3. The van der Waals surface area contributed by atoms with Crippen LogP contribution in [0.2, 0.25) is 0 Å². The number of nitrogens with zero attached hydrogens (tertiary/aromatic N) is 4. The van der Waals surface area contributed by atoms with E-state index in [-0.39, 0.29) is 5.91 Å². The second-order valence-corrected chi connectivity index (χ2v) is 5.29. The molecule has 1 N–H and O–H groups in total. The van der Waals surface area contributed by atoms with Gasteiger partial charge in [0.1, 0.15) is 0 Å². The van der Waals surface area contributed by atoms with Gasteiger partial charge in [-0.3, -0.25) is 9.48 Å². The van der Waals surface area contributed by atoms with Gasteiger partial charge in [-0.2, -0.15) is 0 Å². The maximum Gasteiger partial charge on any atom is 0.249 e. The number of carbonyl (C=O) groups excluding carboxylic acids is 1. The van der Waals surface area contributed by atoms with Gasteiger partial charge in [-0.1, -0.05) is 17.3 Å². The van der Waals surface area contributed by atoms with E-state index in [1.165, 1.54) is 16.4 Å². The third kappa shape index (κ3) is 4.17. The minimum absolute atomic E-state index is 0.234. The second-order valence-electron chi connectivity index (χ2n) is 5.29. The van der Waals surface area contributed by atoms with Crippen molar-refractivity contribution in [3.8, 4) is 0 Å². The first-order valence-corrected chi connectivity index (χ1v) is 7.49. The van der Waals surface area contributed by atoms with Crippen LogP contribution < -0.4 is 10.2 Å². The molecule has 1 fully saturated rings. The Labute approximate surface area is 134 Å². The number of hydrogen-bond acceptors (Lipinski definition) is 5. The van der Waals surface area contributed by atoms with E-state index in [1.54, 1.807) is 19.3 Å². The summed E-state index contributed by atoms with van der Waals surface area (Å²) in [5.74, 6) is 0.201. The number of carbonyl (C=O) groups is 1. The zero-order valence-electron chi connectivity index (χ0n) is 13.0. The standard InChI is InChI=1S/C16H19N5O2/c1-20-12-15(18-19-20)17-16(22)7-4-13-2-5-14(6-3-13)21-8-10-23-11-9-21/h2-7,12H,8-11H2,1H3,(H,17,22)/b7-4+. The Morgan fingerprint density at radius 2 is 2.00 bits per heavy atom. The summed E-state index contributed by atoms with van der Waals surface area (Å²) in [6.45, 7) is 3.36. The number of nitrogens with one attached hydrogen (secondary N) is 1. The number of morpholine rings is 1. The minimum atomic E-state index is -0.234. The fraction of sp³-hybridized carbons (Fsp3) is 0.312. The highest BCUT2D eigenvalue weighted by Crippen LogP contribution is 2.17. The number of aryl methyl sites for hydroxylation is 1. The van der Waals surface area contributed by atoms with E-state index in [0.717, 1.165) is 31.9 Å². The monoisotopic (exact) mass is 313 g/mol. The highest BCUT2D eigenvalue weighted by Gasteiger charge is 2.10. The molecule has 1 aliphatic heterocycles. The van der Waals surface area contributed by atoms with Gasteiger partial charge in [0.2, 0.25) is 5.91 Å². The maximum absolute atomic E-state index is 11.8. The fourth-order valence-corrected chi connectivity index (χ4v) is 2.36. The first-order valence-electron chi connectivity index (χ1n) is 7.49. The van der Waals surface area contributed by atoms with E-state index < -0.39 is 0 Å². The van der Waals surface area contributed by atoms with Crippen LogP contribution >= 0.6 is 0 Å². The lowest BCUT2D eigenvalue weighted by Gasteiger charge is -2.28. The molecule has 0 bridgehead atoms. The van der Waals surface area contributed by atoms with Crippen molar-refractivity contribution in [3.63, 3.8) is 0 Å². The fourth-order valence-electron chi connectivity index (χ4n) is 2.36. The zero-order chi connectivity index (χ0) is 16.1. The smallest absolute Gasteiger partial charge is 0.249 e. The summed E-state index contributed by atoms with van der Waals surface area (Å²) in [6.07, 6.45) is 4.90. The van der Waals surface area contributed by atoms with Crippen LogP contribution in [-0.4, -0.2) is 47.2 Å². The zero-order valence-corrected chi connectivity index (χ0v) is 13.0. The van der Waals surface area contributed by atoms with Crippen LogP contribution in [0.4, 0.5) is 11.5 Å². The first kappa shape index (κ1) is 15.2. The Hall–Kier alpha value is -2.67. The van der Waals surface area contributed by atoms with Gasteiger partial charge >= 0.3 is 0 Å². The lowest BCUT2D eigenvalue weighted by atomic mass is 10.1. The van der Waals surface area contributed by atoms with Crippen LogP contribution in [0.3, 0.4) is 0 Å².